The Balaban J connectivity index is 1.79. The Morgan fingerprint density at radius 3 is 2.50 bits per heavy atom. The number of nitrogens with one attached hydrogen (secondary N) is 2. The van der Waals surface area contributed by atoms with Gasteiger partial charge in [-0.25, -0.2) is 9.59 Å². The van der Waals surface area contributed by atoms with Gasteiger partial charge in [-0.15, -0.1) is 0 Å². The molecule has 102 valence electrons. The van der Waals surface area contributed by atoms with Gasteiger partial charge in [0.15, 0.2) is 0 Å². The van der Waals surface area contributed by atoms with E-state index in [1.165, 1.54) is 6.42 Å². The van der Waals surface area contributed by atoms with Crippen LogP contribution in [-0.4, -0.2) is 28.7 Å². The van der Waals surface area contributed by atoms with Crippen molar-refractivity contribution in [2.45, 2.75) is 63.5 Å². The first-order chi connectivity index (χ1) is 8.52. The Labute approximate surface area is 107 Å². The van der Waals surface area contributed by atoms with Gasteiger partial charge in [0, 0.05) is 6.04 Å². The van der Waals surface area contributed by atoms with Crippen molar-refractivity contribution < 1.29 is 14.7 Å². The minimum Gasteiger partial charge on any atom is -0.480 e. The van der Waals surface area contributed by atoms with Gasteiger partial charge in [0.2, 0.25) is 0 Å². The highest BCUT2D eigenvalue weighted by Crippen LogP contribution is 2.35. The Bertz CT molecular complexity index is 339. The molecule has 2 aliphatic carbocycles. The van der Waals surface area contributed by atoms with Crippen LogP contribution in [0.25, 0.3) is 0 Å². The zero-order chi connectivity index (χ0) is 13.2. The van der Waals surface area contributed by atoms with Crippen molar-refractivity contribution >= 4 is 12.0 Å². The van der Waals surface area contributed by atoms with E-state index in [0.717, 1.165) is 31.6 Å². The number of amides is 2. The number of carboxylic acid groups (broad SMARTS) is 1. The molecule has 0 aromatic carbocycles. The molecule has 2 amide bonds. The quantitative estimate of drug-likeness (QED) is 0.673. The average molecular weight is 254 g/mol. The van der Waals surface area contributed by atoms with Crippen LogP contribution in [0, 0.1) is 5.92 Å². The van der Waals surface area contributed by atoms with Crippen LogP contribution < -0.4 is 10.6 Å². The molecule has 0 heterocycles. The van der Waals surface area contributed by atoms with Crippen LogP contribution >= 0.6 is 0 Å². The summed E-state index contributed by atoms with van der Waals surface area (Å²) < 4.78 is 0. The van der Waals surface area contributed by atoms with E-state index in [0.29, 0.717) is 12.8 Å². The minimum atomic E-state index is -0.984. The van der Waals surface area contributed by atoms with Crippen molar-refractivity contribution in [2.24, 2.45) is 5.92 Å². The molecule has 2 fully saturated rings. The number of hydrogen-bond acceptors (Lipinski definition) is 2. The van der Waals surface area contributed by atoms with E-state index < -0.39 is 11.5 Å². The molecule has 0 aromatic rings. The Hall–Kier alpha value is -1.26. The van der Waals surface area contributed by atoms with Gasteiger partial charge in [-0.2, -0.15) is 0 Å². The minimum absolute atomic E-state index is 0.194. The highest BCUT2D eigenvalue weighted by molar-refractivity contribution is 5.88. The van der Waals surface area contributed by atoms with E-state index >= 15 is 0 Å². The van der Waals surface area contributed by atoms with Gasteiger partial charge in [-0.05, 0) is 38.0 Å². The number of carbonyl (C=O) groups excluding carboxylic acids is 1. The lowest BCUT2D eigenvalue weighted by Crippen LogP contribution is -2.50. The molecule has 3 N–H and O–H groups in total. The fourth-order valence-electron chi connectivity index (χ4n) is 2.59. The molecule has 2 rings (SSSR count). The molecule has 0 spiro atoms. The van der Waals surface area contributed by atoms with Crippen LogP contribution in [0.4, 0.5) is 4.79 Å². The lowest BCUT2D eigenvalue weighted by atomic mass is 10.0. The largest absolute Gasteiger partial charge is 0.480 e. The molecule has 0 bridgehead atoms. The lowest BCUT2D eigenvalue weighted by molar-refractivity contribution is -0.140. The van der Waals surface area contributed by atoms with Gasteiger partial charge in [-0.1, -0.05) is 19.8 Å². The van der Waals surface area contributed by atoms with E-state index in [2.05, 4.69) is 17.6 Å². The normalized spacial score (nSPS) is 30.1. The predicted molar refractivity (Wildman–Crippen MR) is 67.3 cm³/mol. The molecule has 5 heteroatoms. The average Bonchev–Trinajstić information content (AvgIpc) is 3.07. The molecular formula is C13H22N2O3. The van der Waals surface area contributed by atoms with E-state index in [4.69, 9.17) is 5.11 Å². The maximum atomic E-state index is 11.8. The lowest BCUT2D eigenvalue weighted by Gasteiger charge is -2.19. The highest BCUT2D eigenvalue weighted by atomic mass is 16.4. The summed E-state index contributed by atoms with van der Waals surface area (Å²) in [4.78, 5) is 22.7. The molecule has 5 nitrogen and oxygen atoms in total. The van der Waals surface area contributed by atoms with Crippen LogP contribution in [0.15, 0.2) is 0 Å². The summed E-state index contributed by atoms with van der Waals surface area (Å²) in [6, 6.07) is -0.131. The van der Waals surface area contributed by atoms with E-state index in [9.17, 15) is 9.59 Å². The number of rotatable bonds is 3. The third kappa shape index (κ3) is 3.15. The smallest absolute Gasteiger partial charge is 0.329 e. The van der Waals surface area contributed by atoms with Gasteiger partial charge >= 0.3 is 12.0 Å². The molecule has 0 saturated heterocycles. The summed E-state index contributed by atoms with van der Waals surface area (Å²) >= 11 is 0. The third-order valence-electron chi connectivity index (χ3n) is 4.10. The molecular weight excluding hydrogens is 232 g/mol. The molecule has 2 aliphatic rings. The van der Waals surface area contributed by atoms with Gasteiger partial charge in [0.25, 0.3) is 0 Å². The van der Waals surface area contributed by atoms with Gasteiger partial charge < -0.3 is 15.7 Å². The van der Waals surface area contributed by atoms with Crippen LogP contribution in [0.1, 0.15) is 51.9 Å². The number of hydrogen-bond donors (Lipinski definition) is 3. The first-order valence-corrected chi connectivity index (χ1v) is 6.84. The number of carboxylic acids is 1. The van der Waals surface area contributed by atoms with E-state index in [1.807, 2.05) is 0 Å². The second kappa shape index (κ2) is 5.16. The van der Waals surface area contributed by atoms with Crippen LogP contribution in [0.5, 0.6) is 0 Å². The molecule has 2 saturated carbocycles. The fraction of sp³-hybridized carbons (Fsp3) is 0.846. The second-order valence-corrected chi connectivity index (χ2v) is 5.80. The summed E-state index contributed by atoms with van der Waals surface area (Å²) in [6.07, 6.45) is 6.56. The topological polar surface area (TPSA) is 78.4 Å². The number of carbonyl (C=O) groups is 2. The predicted octanol–water partition coefficient (Wildman–Crippen LogP) is 1.87. The fourth-order valence-corrected chi connectivity index (χ4v) is 2.59. The van der Waals surface area contributed by atoms with Crippen molar-refractivity contribution in [3.63, 3.8) is 0 Å². The van der Waals surface area contributed by atoms with Crippen molar-refractivity contribution in [3.05, 3.63) is 0 Å². The maximum absolute atomic E-state index is 11.8. The monoisotopic (exact) mass is 254 g/mol. The first-order valence-electron chi connectivity index (χ1n) is 6.84. The van der Waals surface area contributed by atoms with Crippen molar-refractivity contribution in [1.82, 2.24) is 10.6 Å². The zero-order valence-corrected chi connectivity index (χ0v) is 10.9. The Kier molecular flexibility index (Phi) is 3.78. The summed E-state index contributed by atoms with van der Waals surface area (Å²) in [6.45, 7) is 2.24. The summed E-state index contributed by atoms with van der Waals surface area (Å²) in [5.74, 6) is -0.194. The Morgan fingerprint density at radius 2 is 1.89 bits per heavy atom. The third-order valence-corrected chi connectivity index (χ3v) is 4.10. The van der Waals surface area contributed by atoms with Gasteiger partial charge in [-0.3, -0.25) is 0 Å². The molecule has 2 atom stereocenters. The summed E-state index contributed by atoms with van der Waals surface area (Å²) in [7, 11) is 0. The number of aliphatic carboxylic acids is 1. The van der Waals surface area contributed by atoms with Crippen LogP contribution in [-0.2, 0) is 4.79 Å². The van der Waals surface area contributed by atoms with E-state index in [1.54, 1.807) is 0 Å². The summed E-state index contributed by atoms with van der Waals surface area (Å²) in [5.41, 5.74) is -0.984. The number of urea groups is 1. The molecule has 0 aliphatic heterocycles. The highest BCUT2D eigenvalue weighted by Gasteiger charge is 2.51. The maximum Gasteiger partial charge on any atom is 0.329 e. The van der Waals surface area contributed by atoms with Gasteiger partial charge in [0.1, 0.15) is 5.54 Å². The Morgan fingerprint density at radius 1 is 1.17 bits per heavy atom. The van der Waals surface area contributed by atoms with Crippen LogP contribution in [0.3, 0.4) is 0 Å². The zero-order valence-electron chi connectivity index (χ0n) is 10.9. The van der Waals surface area contributed by atoms with E-state index in [-0.39, 0.29) is 12.1 Å². The van der Waals surface area contributed by atoms with Crippen LogP contribution in [0.2, 0.25) is 0 Å². The molecule has 0 aromatic heterocycles. The molecule has 2 unspecified atom stereocenters. The second-order valence-electron chi connectivity index (χ2n) is 5.80. The van der Waals surface area contributed by atoms with Gasteiger partial charge in [0.05, 0.1) is 0 Å². The van der Waals surface area contributed by atoms with Crippen molar-refractivity contribution in [1.29, 1.82) is 0 Å². The summed E-state index contributed by atoms with van der Waals surface area (Å²) in [5, 5.41) is 14.5. The van der Waals surface area contributed by atoms with Crippen molar-refractivity contribution in [2.75, 3.05) is 0 Å². The standard InChI is InChI=1S/C13H22N2O3/c1-9-3-2-4-10(6-5-9)14-12(18)15-13(7-8-13)11(16)17/h9-10H,2-8H2,1H3,(H,16,17)(H2,14,15,18). The SMILES string of the molecule is CC1CCCC(NC(=O)NC2(C(=O)O)CC2)CC1. The van der Waals surface area contributed by atoms with Crippen molar-refractivity contribution in [3.8, 4) is 0 Å². The first kappa shape index (κ1) is 13.2. The molecule has 18 heavy (non-hydrogen) atoms. The molecule has 0 radical (unpaired) electrons.